The van der Waals surface area contributed by atoms with Gasteiger partial charge in [0.05, 0.1) is 22.5 Å². The zero-order valence-corrected chi connectivity index (χ0v) is 18.5. The van der Waals surface area contributed by atoms with Gasteiger partial charge < -0.3 is 9.30 Å². The van der Waals surface area contributed by atoms with Gasteiger partial charge in [-0.3, -0.25) is 24.1 Å². The molecule has 8 nitrogen and oxygen atoms in total. The third-order valence-corrected chi connectivity index (χ3v) is 6.09. The molecule has 32 heavy (non-hydrogen) atoms. The van der Waals surface area contributed by atoms with Gasteiger partial charge in [0, 0.05) is 18.4 Å². The summed E-state index contributed by atoms with van der Waals surface area (Å²) in [5.41, 5.74) is 2.59. The van der Waals surface area contributed by atoms with Crippen LogP contribution in [-0.4, -0.2) is 34.9 Å². The molecule has 2 heterocycles. The van der Waals surface area contributed by atoms with Gasteiger partial charge in [-0.15, -0.1) is 0 Å². The van der Waals surface area contributed by atoms with E-state index in [2.05, 4.69) is 4.99 Å². The van der Waals surface area contributed by atoms with E-state index >= 15 is 0 Å². The summed E-state index contributed by atoms with van der Waals surface area (Å²) < 4.78 is 7.65. The van der Waals surface area contributed by atoms with Crippen molar-refractivity contribution >= 4 is 50.9 Å². The number of carbonyl (C=O) groups excluding carboxylic acids is 4. The molecule has 0 saturated carbocycles. The zero-order valence-electron chi connectivity index (χ0n) is 17.7. The van der Waals surface area contributed by atoms with Gasteiger partial charge >= 0.3 is 5.97 Å². The molecule has 1 aromatic heterocycles. The Bertz CT molecular complexity index is 1290. The average molecular weight is 452 g/mol. The van der Waals surface area contributed by atoms with Crippen molar-refractivity contribution in [3.63, 3.8) is 0 Å². The molecule has 0 aliphatic carbocycles. The number of carbonyl (C=O) groups is 4. The van der Waals surface area contributed by atoms with E-state index in [1.165, 1.54) is 23.5 Å². The van der Waals surface area contributed by atoms with E-state index in [0.29, 0.717) is 16.1 Å². The Morgan fingerprint density at radius 1 is 1.06 bits per heavy atom. The maximum atomic E-state index is 12.8. The van der Waals surface area contributed by atoms with Crippen molar-refractivity contribution in [1.82, 2.24) is 4.57 Å². The Balaban J connectivity index is 1.69. The van der Waals surface area contributed by atoms with Crippen LogP contribution in [0.15, 0.2) is 47.5 Å². The number of hydrogen-bond donors (Lipinski definition) is 0. The lowest BCUT2D eigenvalue weighted by molar-refractivity contribution is -0.143. The van der Waals surface area contributed by atoms with Crippen molar-refractivity contribution in [1.29, 1.82) is 0 Å². The third kappa shape index (κ3) is 4.24. The number of aryl methyl sites for hydroxylation is 1. The number of anilines is 1. The number of amides is 3. The van der Waals surface area contributed by atoms with Crippen molar-refractivity contribution < 1.29 is 23.9 Å². The molecule has 2 aromatic carbocycles. The topological polar surface area (TPSA) is 98.0 Å². The number of aromatic nitrogens is 1. The molecule has 0 atom stereocenters. The van der Waals surface area contributed by atoms with Crippen LogP contribution in [0.3, 0.4) is 0 Å². The van der Waals surface area contributed by atoms with Crippen LogP contribution in [-0.2, 0) is 25.7 Å². The van der Waals surface area contributed by atoms with Gasteiger partial charge in [0.1, 0.15) is 6.54 Å². The van der Waals surface area contributed by atoms with Crippen LogP contribution in [0.5, 0.6) is 0 Å². The molecule has 9 heteroatoms. The second-order valence-electron chi connectivity index (χ2n) is 7.33. The summed E-state index contributed by atoms with van der Waals surface area (Å²) in [6.45, 7) is 3.91. The minimum absolute atomic E-state index is 0.0544. The zero-order chi connectivity index (χ0) is 22.8. The predicted molar refractivity (Wildman–Crippen MR) is 119 cm³/mol. The lowest BCUT2D eigenvalue weighted by Gasteiger charge is -2.13. The minimum Gasteiger partial charge on any atom is -0.465 e. The second-order valence-corrected chi connectivity index (χ2v) is 8.34. The van der Waals surface area contributed by atoms with Crippen LogP contribution in [0.4, 0.5) is 5.69 Å². The molecular formula is C23H21N3O5S. The maximum absolute atomic E-state index is 12.8. The highest BCUT2D eigenvalue weighted by Gasteiger charge is 2.30. The molecule has 4 rings (SSSR count). The summed E-state index contributed by atoms with van der Waals surface area (Å²) in [6, 6.07) is 12.0. The SMILES string of the molecule is CCOC(=O)Cn1c(=NC(=O)c2ccc(N3C(=O)CCC3=O)cc2)sc2cc(C)ccc21. The maximum Gasteiger partial charge on any atom is 0.326 e. The summed E-state index contributed by atoms with van der Waals surface area (Å²) in [6.07, 6.45) is 0.390. The van der Waals surface area contributed by atoms with Crippen molar-refractivity contribution in [2.24, 2.45) is 4.99 Å². The Morgan fingerprint density at radius 3 is 2.41 bits per heavy atom. The van der Waals surface area contributed by atoms with Gasteiger partial charge in [-0.1, -0.05) is 17.4 Å². The van der Waals surface area contributed by atoms with Gasteiger partial charge in [0.15, 0.2) is 4.80 Å². The van der Waals surface area contributed by atoms with Crippen molar-refractivity contribution in [3.05, 3.63) is 58.4 Å². The van der Waals surface area contributed by atoms with Crippen LogP contribution in [0, 0.1) is 6.92 Å². The second kappa shape index (κ2) is 8.88. The number of rotatable bonds is 5. The number of thiazole rings is 1. The summed E-state index contributed by atoms with van der Waals surface area (Å²) in [5, 5.41) is 0. The number of benzene rings is 2. The fraction of sp³-hybridized carbons (Fsp3) is 0.261. The minimum atomic E-state index is -0.489. The largest absolute Gasteiger partial charge is 0.465 e. The number of ether oxygens (including phenoxy) is 1. The van der Waals surface area contributed by atoms with Crippen molar-refractivity contribution in [3.8, 4) is 0 Å². The van der Waals surface area contributed by atoms with Crippen LogP contribution in [0.2, 0.25) is 0 Å². The Kier molecular flexibility index (Phi) is 6.00. The standard InChI is InChI=1S/C23H21N3O5S/c1-3-31-21(29)13-25-17-9-4-14(2)12-18(17)32-23(25)24-22(30)15-5-7-16(8-6-15)26-19(27)10-11-20(26)28/h4-9,12H,3,10-11,13H2,1-2H3. The summed E-state index contributed by atoms with van der Waals surface area (Å²) >= 11 is 1.32. The van der Waals surface area contributed by atoms with Crippen molar-refractivity contribution in [2.75, 3.05) is 11.5 Å². The summed E-state index contributed by atoms with van der Waals surface area (Å²) in [5.74, 6) is -1.40. The molecule has 0 spiro atoms. The van der Waals surface area contributed by atoms with E-state index < -0.39 is 11.9 Å². The van der Waals surface area contributed by atoms with E-state index in [1.54, 1.807) is 23.6 Å². The fourth-order valence-corrected chi connectivity index (χ4v) is 4.65. The molecule has 1 aliphatic heterocycles. The molecule has 3 aromatic rings. The Hall–Kier alpha value is -3.59. The van der Waals surface area contributed by atoms with Crippen LogP contribution in [0.25, 0.3) is 10.2 Å². The number of imide groups is 1. The first-order valence-corrected chi connectivity index (χ1v) is 11.0. The van der Waals surface area contributed by atoms with E-state index in [4.69, 9.17) is 4.74 Å². The molecule has 0 unspecified atom stereocenters. The first-order chi connectivity index (χ1) is 15.4. The Labute approximate surface area is 187 Å². The van der Waals surface area contributed by atoms with E-state index in [9.17, 15) is 19.2 Å². The number of esters is 1. The average Bonchev–Trinajstić information content (AvgIpc) is 3.26. The van der Waals surface area contributed by atoms with E-state index in [0.717, 1.165) is 20.7 Å². The highest BCUT2D eigenvalue weighted by atomic mass is 32.1. The van der Waals surface area contributed by atoms with E-state index in [-0.39, 0.29) is 37.8 Å². The fourth-order valence-electron chi connectivity index (χ4n) is 3.52. The third-order valence-electron chi connectivity index (χ3n) is 5.05. The molecule has 1 saturated heterocycles. The lowest BCUT2D eigenvalue weighted by atomic mass is 10.2. The van der Waals surface area contributed by atoms with Crippen LogP contribution >= 0.6 is 11.3 Å². The van der Waals surface area contributed by atoms with Crippen LogP contribution in [0.1, 0.15) is 35.7 Å². The first-order valence-electron chi connectivity index (χ1n) is 10.2. The van der Waals surface area contributed by atoms with Gasteiger partial charge in [0.25, 0.3) is 5.91 Å². The van der Waals surface area contributed by atoms with Gasteiger partial charge in [-0.25, -0.2) is 0 Å². The lowest BCUT2D eigenvalue weighted by Crippen LogP contribution is -2.28. The Morgan fingerprint density at radius 2 is 1.75 bits per heavy atom. The van der Waals surface area contributed by atoms with Gasteiger partial charge in [-0.05, 0) is 55.8 Å². The quantitative estimate of drug-likeness (QED) is 0.439. The molecule has 164 valence electrons. The highest BCUT2D eigenvalue weighted by Crippen LogP contribution is 2.23. The molecule has 0 radical (unpaired) electrons. The van der Waals surface area contributed by atoms with Gasteiger partial charge in [0.2, 0.25) is 11.8 Å². The molecule has 1 fully saturated rings. The molecule has 3 amide bonds. The first kappa shape index (κ1) is 21.6. The van der Waals surface area contributed by atoms with Crippen molar-refractivity contribution in [2.45, 2.75) is 33.2 Å². The number of fused-ring (bicyclic) bond motifs is 1. The molecule has 0 N–H and O–H groups in total. The number of hydrogen-bond acceptors (Lipinski definition) is 6. The molecule has 0 bridgehead atoms. The summed E-state index contributed by atoms with van der Waals surface area (Å²) in [7, 11) is 0. The van der Waals surface area contributed by atoms with Crippen LogP contribution < -0.4 is 9.70 Å². The predicted octanol–water partition coefficient (Wildman–Crippen LogP) is 2.97. The highest BCUT2D eigenvalue weighted by molar-refractivity contribution is 7.16. The smallest absolute Gasteiger partial charge is 0.326 e. The van der Waals surface area contributed by atoms with E-state index in [1.807, 2.05) is 25.1 Å². The number of nitrogens with zero attached hydrogens (tertiary/aromatic N) is 3. The normalized spacial score (nSPS) is 14.4. The molecular weight excluding hydrogens is 430 g/mol. The molecule has 1 aliphatic rings. The van der Waals surface area contributed by atoms with Gasteiger partial charge in [-0.2, -0.15) is 4.99 Å². The monoisotopic (exact) mass is 451 g/mol. The summed E-state index contributed by atoms with van der Waals surface area (Å²) in [4.78, 5) is 54.6.